The van der Waals surface area contributed by atoms with E-state index in [1.165, 1.54) is 0 Å². The van der Waals surface area contributed by atoms with Crippen molar-refractivity contribution in [1.29, 1.82) is 0 Å². The summed E-state index contributed by atoms with van der Waals surface area (Å²) in [4.78, 5) is 23.4. The normalized spacial score (nSPS) is 43.1. The Balaban J connectivity index is 1.68. The Morgan fingerprint density at radius 1 is 1.03 bits per heavy atom. The topological polar surface area (TPSA) is 74.6 Å². The average molecular weight is 471 g/mol. The van der Waals surface area contributed by atoms with E-state index in [0.29, 0.717) is 12.3 Å². The summed E-state index contributed by atoms with van der Waals surface area (Å²) < 4.78 is 0. The molecule has 2 saturated carbocycles. The summed E-state index contributed by atoms with van der Waals surface area (Å²) in [5, 5.41) is 21.0. The SMILES string of the molecule is CC(C=O)C=CC[C@@H](C(=O)O)[C@H]1CC[C@@]2(C)C3=C(CC[C@]12C)[C@@]1(C)CC[C@H](O)C(C)(C)C1CC3. The van der Waals surface area contributed by atoms with Gasteiger partial charge in [-0.3, -0.25) is 4.79 Å². The van der Waals surface area contributed by atoms with Crippen LogP contribution >= 0.6 is 0 Å². The molecular formula is C30H46O4. The molecule has 2 N–H and O–H groups in total. The quantitative estimate of drug-likeness (QED) is 0.340. The highest BCUT2D eigenvalue weighted by atomic mass is 16.4. The molecule has 0 aromatic carbocycles. The van der Waals surface area contributed by atoms with Crippen molar-refractivity contribution in [2.45, 2.75) is 105 Å². The molecule has 0 aromatic heterocycles. The number of carboxylic acids is 1. The van der Waals surface area contributed by atoms with Crippen LogP contribution in [-0.4, -0.2) is 28.6 Å². The lowest BCUT2D eigenvalue weighted by Crippen LogP contribution is -2.55. The monoisotopic (exact) mass is 470 g/mol. The largest absolute Gasteiger partial charge is 0.481 e. The predicted octanol–water partition coefficient (Wildman–Crippen LogP) is 6.58. The van der Waals surface area contributed by atoms with Gasteiger partial charge in [0.15, 0.2) is 0 Å². The van der Waals surface area contributed by atoms with Gasteiger partial charge in [-0.1, -0.05) is 64.8 Å². The Hall–Kier alpha value is -1.42. The fraction of sp³-hybridized carbons (Fsp3) is 0.800. The minimum Gasteiger partial charge on any atom is -0.481 e. The van der Waals surface area contributed by atoms with E-state index in [9.17, 15) is 19.8 Å². The molecule has 0 radical (unpaired) electrons. The first-order valence-electron chi connectivity index (χ1n) is 13.6. The first-order valence-corrected chi connectivity index (χ1v) is 13.6. The van der Waals surface area contributed by atoms with Crippen molar-refractivity contribution in [3.63, 3.8) is 0 Å². The third kappa shape index (κ3) is 3.57. The van der Waals surface area contributed by atoms with Crippen LogP contribution in [-0.2, 0) is 9.59 Å². The molecule has 2 unspecified atom stereocenters. The van der Waals surface area contributed by atoms with Gasteiger partial charge in [-0.25, -0.2) is 0 Å². The molecule has 4 nitrogen and oxygen atoms in total. The predicted molar refractivity (Wildman–Crippen MR) is 135 cm³/mol. The van der Waals surface area contributed by atoms with E-state index in [4.69, 9.17) is 0 Å². The zero-order valence-corrected chi connectivity index (χ0v) is 22.2. The van der Waals surface area contributed by atoms with Gasteiger partial charge in [0.1, 0.15) is 6.29 Å². The van der Waals surface area contributed by atoms with Gasteiger partial charge in [-0.05, 0) is 91.3 Å². The Bertz CT molecular complexity index is 899. The van der Waals surface area contributed by atoms with E-state index >= 15 is 0 Å². The van der Waals surface area contributed by atoms with Gasteiger partial charge >= 0.3 is 5.97 Å². The van der Waals surface area contributed by atoms with Crippen LogP contribution in [0, 0.1) is 45.3 Å². The first-order chi connectivity index (χ1) is 15.8. The number of rotatable bonds is 6. The molecule has 4 rings (SSSR count). The summed E-state index contributed by atoms with van der Waals surface area (Å²) in [6.07, 6.45) is 13.3. The molecule has 0 aromatic rings. The Labute approximate surface area is 206 Å². The highest BCUT2D eigenvalue weighted by molar-refractivity contribution is 5.71. The van der Waals surface area contributed by atoms with Crippen molar-refractivity contribution in [3.05, 3.63) is 23.3 Å². The van der Waals surface area contributed by atoms with Gasteiger partial charge in [0.2, 0.25) is 0 Å². The number of fused-ring (bicyclic) bond motifs is 4. The number of carbonyl (C=O) groups excluding carboxylic acids is 1. The van der Waals surface area contributed by atoms with Gasteiger partial charge in [-0.15, -0.1) is 0 Å². The molecule has 0 saturated heterocycles. The van der Waals surface area contributed by atoms with E-state index in [-0.39, 0.29) is 39.6 Å². The molecule has 0 amide bonds. The minimum absolute atomic E-state index is 0.0219. The summed E-state index contributed by atoms with van der Waals surface area (Å²) in [6, 6.07) is 0. The summed E-state index contributed by atoms with van der Waals surface area (Å²) in [5.41, 5.74) is 3.42. The van der Waals surface area contributed by atoms with Crippen molar-refractivity contribution >= 4 is 12.3 Å². The number of allylic oxidation sites excluding steroid dienone is 4. The van der Waals surface area contributed by atoms with Crippen molar-refractivity contribution in [1.82, 2.24) is 0 Å². The van der Waals surface area contributed by atoms with Gasteiger partial charge in [0, 0.05) is 5.92 Å². The number of hydrogen-bond acceptors (Lipinski definition) is 3. The standard InChI is InChI=1S/C30H46O4/c1-19(18-31)8-7-9-20(26(33)34)21-12-16-30(6)23-10-11-24-27(2,3)25(32)14-15-28(24,4)22(23)13-17-29(21,30)5/h7-8,18-21,24-25,32H,9-17H2,1-6H3,(H,33,34)/t19?,20-,21-,24?,25+,28-,29-,30+/m1/s1. The number of aliphatic hydroxyl groups excluding tert-OH is 1. The fourth-order valence-electron chi connectivity index (χ4n) is 9.28. The second-order valence-corrected chi connectivity index (χ2v) is 13.3. The third-order valence-corrected chi connectivity index (χ3v) is 11.6. The van der Waals surface area contributed by atoms with Crippen molar-refractivity contribution < 1.29 is 19.8 Å². The highest BCUT2D eigenvalue weighted by Gasteiger charge is 2.64. The van der Waals surface area contributed by atoms with Crippen LogP contribution < -0.4 is 0 Å². The summed E-state index contributed by atoms with van der Waals surface area (Å²) in [6.45, 7) is 13.7. The number of aliphatic carboxylic acids is 1. The van der Waals surface area contributed by atoms with Gasteiger partial charge in [0.25, 0.3) is 0 Å². The third-order valence-electron chi connectivity index (χ3n) is 11.6. The van der Waals surface area contributed by atoms with E-state index < -0.39 is 11.9 Å². The zero-order chi connectivity index (χ0) is 25.1. The first kappa shape index (κ1) is 25.7. The summed E-state index contributed by atoms with van der Waals surface area (Å²) >= 11 is 0. The van der Waals surface area contributed by atoms with Crippen molar-refractivity contribution in [3.8, 4) is 0 Å². The maximum Gasteiger partial charge on any atom is 0.307 e. The lowest BCUT2D eigenvalue weighted by atomic mass is 9.43. The number of aldehydes is 1. The van der Waals surface area contributed by atoms with Crippen LogP contribution in [0.5, 0.6) is 0 Å². The zero-order valence-electron chi connectivity index (χ0n) is 22.2. The van der Waals surface area contributed by atoms with E-state index in [2.05, 4.69) is 34.6 Å². The van der Waals surface area contributed by atoms with Crippen LogP contribution in [0.2, 0.25) is 0 Å². The summed E-state index contributed by atoms with van der Waals surface area (Å²) in [7, 11) is 0. The molecule has 34 heavy (non-hydrogen) atoms. The number of aliphatic hydroxyl groups is 1. The molecule has 4 aliphatic rings. The van der Waals surface area contributed by atoms with Crippen LogP contribution in [0.3, 0.4) is 0 Å². The average Bonchev–Trinajstić information content (AvgIpc) is 3.05. The Morgan fingerprint density at radius 3 is 2.38 bits per heavy atom. The molecule has 8 atom stereocenters. The molecule has 2 fully saturated rings. The van der Waals surface area contributed by atoms with Gasteiger partial charge in [-0.2, -0.15) is 0 Å². The van der Waals surface area contributed by atoms with Gasteiger partial charge < -0.3 is 15.0 Å². The van der Waals surface area contributed by atoms with Crippen LogP contribution in [0.15, 0.2) is 23.3 Å². The number of carbonyl (C=O) groups is 2. The molecule has 4 aliphatic carbocycles. The number of hydrogen-bond donors (Lipinski definition) is 2. The molecule has 0 spiro atoms. The van der Waals surface area contributed by atoms with Crippen molar-refractivity contribution in [2.24, 2.45) is 45.3 Å². The van der Waals surface area contributed by atoms with E-state index in [1.807, 2.05) is 19.1 Å². The van der Waals surface area contributed by atoms with E-state index in [1.54, 1.807) is 11.1 Å². The molecule has 0 aliphatic heterocycles. The van der Waals surface area contributed by atoms with Gasteiger partial charge in [0.05, 0.1) is 12.0 Å². The maximum absolute atomic E-state index is 12.4. The molecule has 4 heteroatoms. The Morgan fingerprint density at radius 2 is 1.74 bits per heavy atom. The van der Waals surface area contributed by atoms with E-state index in [0.717, 1.165) is 57.7 Å². The smallest absolute Gasteiger partial charge is 0.307 e. The van der Waals surface area contributed by atoms with Crippen LogP contribution in [0.4, 0.5) is 0 Å². The second kappa shape index (κ2) is 8.61. The maximum atomic E-state index is 12.4. The number of carboxylic acid groups (broad SMARTS) is 1. The van der Waals surface area contributed by atoms with Crippen LogP contribution in [0.1, 0.15) is 99.3 Å². The molecular weight excluding hydrogens is 424 g/mol. The lowest BCUT2D eigenvalue weighted by Gasteiger charge is -2.62. The molecule has 190 valence electrons. The van der Waals surface area contributed by atoms with Crippen LogP contribution in [0.25, 0.3) is 0 Å². The highest BCUT2D eigenvalue weighted by Crippen LogP contribution is 2.72. The summed E-state index contributed by atoms with van der Waals surface area (Å²) in [5.74, 6) is -0.618. The molecule has 0 bridgehead atoms. The minimum atomic E-state index is -0.697. The molecule has 0 heterocycles. The second-order valence-electron chi connectivity index (χ2n) is 13.3. The fourth-order valence-corrected chi connectivity index (χ4v) is 9.28. The Kier molecular flexibility index (Phi) is 6.50. The lowest BCUT2D eigenvalue weighted by molar-refractivity contribution is -0.146. The van der Waals surface area contributed by atoms with Crippen molar-refractivity contribution in [2.75, 3.05) is 0 Å².